The third-order valence-electron chi connectivity index (χ3n) is 3.35. The molecule has 68 valence electrons. The van der Waals surface area contributed by atoms with Crippen LogP contribution in [0.25, 0.3) is 0 Å². The fraction of sp³-hybridized carbons (Fsp3) is 0.889. The molecule has 2 nitrogen and oxygen atoms in total. The number of rotatable bonds is 0. The molecule has 0 aromatic carbocycles. The van der Waals surface area contributed by atoms with Crippen molar-refractivity contribution in [2.45, 2.75) is 25.7 Å². The number of likely N-dealkylation sites (tertiary alicyclic amines) is 1. The Kier molecular flexibility index (Phi) is 1.99. The van der Waals surface area contributed by atoms with E-state index in [4.69, 9.17) is 12.2 Å². The monoisotopic (exact) mass is 184 g/mol. The van der Waals surface area contributed by atoms with Crippen molar-refractivity contribution in [2.24, 2.45) is 5.41 Å². The molecule has 1 heterocycles. The average Bonchev–Trinajstić information content (AvgIpc) is 2.46. The minimum Gasteiger partial charge on any atom is -0.366 e. The fourth-order valence-electron chi connectivity index (χ4n) is 2.35. The van der Waals surface area contributed by atoms with Gasteiger partial charge in [0.2, 0.25) is 0 Å². The molecular weight excluding hydrogens is 168 g/mol. The normalized spacial score (nSPS) is 25.6. The van der Waals surface area contributed by atoms with Crippen molar-refractivity contribution in [2.75, 3.05) is 20.1 Å². The Labute approximate surface area is 79.3 Å². The van der Waals surface area contributed by atoms with E-state index in [1.165, 1.54) is 38.8 Å². The van der Waals surface area contributed by atoms with Gasteiger partial charge in [-0.2, -0.15) is 0 Å². The first kappa shape index (κ1) is 8.30. The second-order valence-corrected chi connectivity index (χ2v) is 4.47. The first-order valence-corrected chi connectivity index (χ1v) is 5.13. The molecule has 2 rings (SSSR count). The summed E-state index contributed by atoms with van der Waals surface area (Å²) in [4.78, 5) is 2.31. The SMILES string of the molecule is CNC(=S)N1CCC2(CCC2)C1. The van der Waals surface area contributed by atoms with E-state index in [0.29, 0.717) is 5.41 Å². The third kappa shape index (κ3) is 1.20. The molecule has 1 saturated carbocycles. The molecule has 0 atom stereocenters. The van der Waals surface area contributed by atoms with Gasteiger partial charge in [0.05, 0.1) is 0 Å². The predicted octanol–water partition coefficient (Wildman–Crippen LogP) is 1.37. The van der Waals surface area contributed by atoms with Crippen LogP contribution in [0.1, 0.15) is 25.7 Å². The van der Waals surface area contributed by atoms with Crippen LogP contribution in [0.15, 0.2) is 0 Å². The quantitative estimate of drug-likeness (QED) is 0.572. The molecule has 0 bridgehead atoms. The summed E-state index contributed by atoms with van der Waals surface area (Å²) < 4.78 is 0. The van der Waals surface area contributed by atoms with Crippen molar-refractivity contribution in [1.29, 1.82) is 0 Å². The van der Waals surface area contributed by atoms with Crippen LogP contribution in [-0.4, -0.2) is 30.1 Å². The van der Waals surface area contributed by atoms with E-state index >= 15 is 0 Å². The Morgan fingerprint density at radius 3 is 2.58 bits per heavy atom. The van der Waals surface area contributed by atoms with Gasteiger partial charge in [-0.25, -0.2) is 0 Å². The van der Waals surface area contributed by atoms with Gasteiger partial charge in [-0.1, -0.05) is 6.42 Å². The Hall–Kier alpha value is -0.310. The smallest absolute Gasteiger partial charge is 0.168 e. The maximum absolute atomic E-state index is 5.20. The molecule has 12 heavy (non-hydrogen) atoms. The summed E-state index contributed by atoms with van der Waals surface area (Å²) in [5, 5.41) is 3.98. The molecule has 0 aromatic rings. The number of hydrogen-bond donors (Lipinski definition) is 1. The molecular formula is C9H16N2S. The molecule has 3 heteroatoms. The summed E-state index contributed by atoms with van der Waals surface area (Å²) >= 11 is 5.20. The lowest BCUT2D eigenvalue weighted by atomic mass is 9.68. The van der Waals surface area contributed by atoms with E-state index in [-0.39, 0.29) is 0 Å². The van der Waals surface area contributed by atoms with Crippen molar-refractivity contribution >= 4 is 17.3 Å². The highest BCUT2D eigenvalue weighted by Gasteiger charge is 2.43. The molecule has 0 unspecified atom stereocenters. The average molecular weight is 184 g/mol. The van der Waals surface area contributed by atoms with Gasteiger partial charge in [-0.05, 0) is 36.9 Å². The van der Waals surface area contributed by atoms with Gasteiger partial charge in [0.1, 0.15) is 0 Å². The van der Waals surface area contributed by atoms with Crippen LogP contribution in [0, 0.1) is 5.41 Å². The van der Waals surface area contributed by atoms with E-state index in [1.807, 2.05) is 7.05 Å². The zero-order chi connectivity index (χ0) is 8.60. The largest absolute Gasteiger partial charge is 0.366 e. The highest BCUT2D eigenvalue weighted by molar-refractivity contribution is 7.80. The molecule has 1 aliphatic heterocycles. The molecule has 0 radical (unpaired) electrons. The second kappa shape index (κ2) is 2.87. The Morgan fingerprint density at radius 1 is 1.42 bits per heavy atom. The summed E-state index contributed by atoms with van der Waals surface area (Å²) in [5.74, 6) is 0. The van der Waals surface area contributed by atoms with Crippen molar-refractivity contribution < 1.29 is 0 Å². The van der Waals surface area contributed by atoms with Crippen LogP contribution < -0.4 is 5.32 Å². The molecule has 2 fully saturated rings. The summed E-state index contributed by atoms with van der Waals surface area (Å²) in [6, 6.07) is 0. The topological polar surface area (TPSA) is 15.3 Å². The van der Waals surface area contributed by atoms with E-state index in [2.05, 4.69) is 10.2 Å². The van der Waals surface area contributed by atoms with E-state index in [9.17, 15) is 0 Å². The van der Waals surface area contributed by atoms with Gasteiger partial charge in [-0.15, -0.1) is 0 Å². The van der Waals surface area contributed by atoms with Gasteiger partial charge >= 0.3 is 0 Å². The number of nitrogens with one attached hydrogen (secondary N) is 1. The van der Waals surface area contributed by atoms with Gasteiger partial charge in [0.25, 0.3) is 0 Å². The van der Waals surface area contributed by atoms with Gasteiger partial charge in [-0.3, -0.25) is 0 Å². The highest BCUT2D eigenvalue weighted by atomic mass is 32.1. The van der Waals surface area contributed by atoms with Gasteiger partial charge in [0, 0.05) is 20.1 Å². The van der Waals surface area contributed by atoms with E-state index in [0.717, 1.165) is 5.11 Å². The molecule has 0 aromatic heterocycles. The maximum atomic E-state index is 5.20. The van der Waals surface area contributed by atoms with Crippen LogP contribution in [0.5, 0.6) is 0 Å². The summed E-state index contributed by atoms with van der Waals surface area (Å²) in [6.45, 7) is 2.37. The summed E-state index contributed by atoms with van der Waals surface area (Å²) in [6.07, 6.45) is 5.64. The van der Waals surface area contributed by atoms with Crippen LogP contribution in [0.3, 0.4) is 0 Å². The minimum atomic E-state index is 0.668. The minimum absolute atomic E-state index is 0.668. The van der Waals surface area contributed by atoms with Crippen LogP contribution in [0.2, 0.25) is 0 Å². The zero-order valence-electron chi connectivity index (χ0n) is 7.60. The van der Waals surface area contributed by atoms with Crippen LogP contribution >= 0.6 is 12.2 Å². The Morgan fingerprint density at radius 2 is 2.17 bits per heavy atom. The van der Waals surface area contributed by atoms with Crippen LogP contribution in [-0.2, 0) is 0 Å². The fourth-order valence-corrected chi connectivity index (χ4v) is 2.51. The lowest BCUT2D eigenvalue weighted by Gasteiger charge is -2.38. The lowest BCUT2D eigenvalue weighted by Crippen LogP contribution is -2.39. The number of thiocarbonyl (C=S) groups is 1. The number of hydrogen-bond acceptors (Lipinski definition) is 1. The third-order valence-corrected chi connectivity index (χ3v) is 3.82. The summed E-state index contributed by atoms with van der Waals surface area (Å²) in [7, 11) is 1.91. The molecule has 1 saturated heterocycles. The number of nitrogens with zero attached hydrogens (tertiary/aromatic N) is 1. The van der Waals surface area contributed by atoms with E-state index < -0.39 is 0 Å². The van der Waals surface area contributed by atoms with Gasteiger partial charge in [0.15, 0.2) is 5.11 Å². The van der Waals surface area contributed by atoms with Crippen LogP contribution in [0.4, 0.5) is 0 Å². The zero-order valence-corrected chi connectivity index (χ0v) is 8.41. The predicted molar refractivity (Wildman–Crippen MR) is 54.1 cm³/mol. The lowest BCUT2D eigenvalue weighted by molar-refractivity contribution is 0.152. The first-order valence-electron chi connectivity index (χ1n) is 4.72. The first-order chi connectivity index (χ1) is 5.76. The molecule has 0 amide bonds. The standard InChI is InChI=1S/C9H16N2S/c1-10-8(12)11-6-5-9(7-11)3-2-4-9/h2-7H2,1H3,(H,10,12). The molecule has 2 aliphatic rings. The summed E-state index contributed by atoms with van der Waals surface area (Å²) in [5.41, 5.74) is 0.668. The Balaban J connectivity index is 1.93. The van der Waals surface area contributed by atoms with Crippen molar-refractivity contribution in [1.82, 2.24) is 10.2 Å². The van der Waals surface area contributed by atoms with Gasteiger partial charge < -0.3 is 10.2 Å². The molecule has 1 spiro atoms. The van der Waals surface area contributed by atoms with Crippen molar-refractivity contribution in [3.63, 3.8) is 0 Å². The van der Waals surface area contributed by atoms with Crippen molar-refractivity contribution in [3.05, 3.63) is 0 Å². The molecule has 1 N–H and O–H groups in total. The van der Waals surface area contributed by atoms with E-state index in [1.54, 1.807) is 0 Å². The Bertz CT molecular complexity index is 199. The highest BCUT2D eigenvalue weighted by Crippen LogP contribution is 2.47. The second-order valence-electron chi connectivity index (χ2n) is 4.08. The molecule has 1 aliphatic carbocycles. The van der Waals surface area contributed by atoms with Crippen molar-refractivity contribution in [3.8, 4) is 0 Å². The maximum Gasteiger partial charge on any atom is 0.168 e.